The Hall–Kier alpha value is -1.66. The number of halogens is 2. The summed E-state index contributed by atoms with van der Waals surface area (Å²) >= 11 is 0. The van der Waals surface area contributed by atoms with Crippen molar-refractivity contribution in [1.29, 1.82) is 0 Å². The summed E-state index contributed by atoms with van der Waals surface area (Å²) in [5.74, 6) is -0.796. The Kier molecular flexibility index (Phi) is 7.63. The third kappa shape index (κ3) is 5.18. The van der Waals surface area contributed by atoms with Crippen LogP contribution < -0.4 is 10.6 Å². The highest BCUT2D eigenvalue weighted by molar-refractivity contribution is 5.96. The Morgan fingerprint density at radius 3 is 2.71 bits per heavy atom. The van der Waals surface area contributed by atoms with Gasteiger partial charge >= 0.3 is 0 Å². The summed E-state index contributed by atoms with van der Waals surface area (Å²) < 4.78 is 14.2. The van der Waals surface area contributed by atoms with Crippen LogP contribution in [0.5, 0.6) is 0 Å². The van der Waals surface area contributed by atoms with E-state index in [9.17, 15) is 14.0 Å². The predicted molar refractivity (Wildman–Crippen MR) is 95.1 cm³/mol. The quantitative estimate of drug-likeness (QED) is 0.870. The molecule has 7 heteroatoms. The summed E-state index contributed by atoms with van der Waals surface area (Å²) in [4.78, 5) is 25.9. The summed E-state index contributed by atoms with van der Waals surface area (Å²) in [6, 6.07) is 4.28. The van der Waals surface area contributed by atoms with Crippen LogP contribution in [0, 0.1) is 11.7 Å². The molecule has 1 aliphatic rings. The molecule has 1 atom stereocenters. The van der Waals surface area contributed by atoms with Crippen molar-refractivity contribution < 1.29 is 14.0 Å². The van der Waals surface area contributed by atoms with E-state index >= 15 is 0 Å². The summed E-state index contributed by atoms with van der Waals surface area (Å²) in [5, 5.41) is 5.76. The number of rotatable bonds is 4. The molecule has 1 aromatic carbocycles. The normalized spacial score (nSPS) is 17.4. The Labute approximate surface area is 148 Å². The molecule has 1 aliphatic heterocycles. The highest BCUT2D eigenvalue weighted by atomic mass is 35.5. The fourth-order valence-electron chi connectivity index (χ4n) is 2.63. The van der Waals surface area contributed by atoms with Gasteiger partial charge in [0.1, 0.15) is 5.82 Å². The summed E-state index contributed by atoms with van der Waals surface area (Å²) in [7, 11) is 0. The molecular formula is C17H25ClFN3O2. The molecule has 0 saturated carbocycles. The SMILES string of the molecule is CC(C)CC(=O)Nc1ccc(C(=O)N2CCNC[C@@H]2C)cc1F.Cl. The first-order chi connectivity index (χ1) is 10.9. The van der Waals surface area contributed by atoms with E-state index in [2.05, 4.69) is 10.6 Å². The Balaban J connectivity index is 0.00000288. The van der Waals surface area contributed by atoms with Crippen LogP contribution in [0.2, 0.25) is 0 Å². The third-order valence-corrected chi connectivity index (χ3v) is 3.85. The van der Waals surface area contributed by atoms with Gasteiger partial charge in [-0.15, -0.1) is 12.4 Å². The minimum absolute atomic E-state index is 0. The fourth-order valence-corrected chi connectivity index (χ4v) is 2.63. The lowest BCUT2D eigenvalue weighted by molar-refractivity contribution is -0.116. The van der Waals surface area contributed by atoms with Gasteiger partial charge in [0.15, 0.2) is 0 Å². The standard InChI is InChI=1S/C17H24FN3O2.ClH/c1-11(2)8-16(22)20-15-5-4-13(9-14(15)18)17(23)21-7-6-19-10-12(21)3;/h4-5,9,11-12,19H,6-8,10H2,1-3H3,(H,20,22);1H/t12-;/m0./s1. The van der Waals surface area contributed by atoms with Crippen molar-refractivity contribution in [3.8, 4) is 0 Å². The van der Waals surface area contributed by atoms with Crippen molar-refractivity contribution in [3.05, 3.63) is 29.6 Å². The highest BCUT2D eigenvalue weighted by Gasteiger charge is 2.24. The molecule has 0 aromatic heterocycles. The van der Waals surface area contributed by atoms with Crippen LogP contribution in [0.15, 0.2) is 18.2 Å². The first-order valence-electron chi connectivity index (χ1n) is 7.99. The number of benzene rings is 1. The number of carbonyl (C=O) groups excluding carboxylic acids is 2. The largest absolute Gasteiger partial charge is 0.333 e. The minimum Gasteiger partial charge on any atom is -0.333 e. The molecule has 24 heavy (non-hydrogen) atoms. The van der Waals surface area contributed by atoms with E-state index in [1.54, 1.807) is 11.0 Å². The zero-order valence-electron chi connectivity index (χ0n) is 14.3. The van der Waals surface area contributed by atoms with E-state index in [1.807, 2.05) is 20.8 Å². The molecule has 1 aromatic rings. The summed E-state index contributed by atoms with van der Waals surface area (Å²) in [6.07, 6.45) is 0.332. The zero-order chi connectivity index (χ0) is 17.0. The van der Waals surface area contributed by atoms with Crippen molar-refractivity contribution in [3.63, 3.8) is 0 Å². The van der Waals surface area contributed by atoms with Crippen LogP contribution in [-0.2, 0) is 4.79 Å². The van der Waals surface area contributed by atoms with Crippen molar-refractivity contribution >= 4 is 29.9 Å². The topological polar surface area (TPSA) is 61.4 Å². The zero-order valence-corrected chi connectivity index (χ0v) is 15.1. The van der Waals surface area contributed by atoms with E-state index < -0.39 is 5.82 Å². The molecule has 0 bridgehead atoms. The van der Waals surface area contributed by atoms with E-state index in [0.717, 1.165) is 13.1 Å². The molecule has 5 nitrogen and oxygen atoms in total. The highest BCUT2D eigenvalue weighted by Crippen LogP contribution is 2.19. The van der Waals surface area contributed by atoms with Crippen molar-refractivity contribution in [2.45, 2.75) is 33.2 Å². The number of hydrogen-bond acceptors (Lipinski definition) is 3. The maximum absolute atomic E-state index is 14.2. The van der Waals surface area contributed by atoms with E-state index in [4.69, 9.17) is 0 Å². The number of piperazine rings is 1. The Bertz CT molecular complexity index is 595. The average Bonchev–Trinajstić information content (AvgIpc) is 2.48. The Morgan fingerprint density at radius 1 is 1.42 bits per heavy atom. The number of carbonyl (C=O) groups is 2. The fraction of sp³-hybridized carbons (Fsp3) is 0.529. The number of nitrogens with zero attached hydrogens (tertiary/aromatic N) is 1. The molecule has 2 amide bonds. The minimum atomic E-state index is -0.587. The van der Waals surface area contributed by atoms with Gasteiger partial charge < -0.3 is 15.5 Å². The Morgan fingerprint density at radius 2 is 2.12 bits per heavy atom. The number of hydrogen-bond donors (Lipinski definition) is 2. The summed E-state index contributed by atoms with van der Waals surface area (Å²) in [5.41, 5.74) is 0.415. The molecule has 1 heterocycles. The molecule has 0 radical (unpaired) electrons. The van der Waals surface area contributed by atoms with Gasteiger partial charge in [-0.05, 0) is 31.0 Å². The van der Waals surface area contributed by atoms with Crippen LogP contribution in [-0.4, -0.2) is 42.4 Å². The van der Waals surface area contributed by atoms with E-state index in [-0.39, 0.29) is 41.9 Å². The van der Waals surface area contributed by atoms with Crippen molar-refractivity contribution in [2.24, 2.45) is 5.92 Å². The van der Waals surface area contributed by atoms with Gasteiger partial charge in [0.05, 0.1) is 5.69 Å². The molecule has 0 unspecified atom stereocenters. The molecule has 2 N–H and O–H groups in total. The molecular weight excluding hydrogens is 333 g/mol. The lowest BCUT2D eigenvalue weighted by Crippen LogP contribution is -2.52. The molecule has 2 rings (SSSR count). The van der Waals surface area contributed by atoms with Gasteiger partial charge in [-0.1, -0.05) is 13.8 Å². The maximum Gasteiger partial charge on any atom is 0.254 e. The first kappa shape index (κ1) is 20.4. The van der Waals surface area contributed by atoms with Gasteiger partial charge in [0.25, 0.3) is 5.91 Å². The molecule has 1 saturated heterocycles. The lowest BCUT2D eigenvalue weighted by Gasteiger charge is -2.34. The lowest BCUT2D eigenvalue weighted by atomic mass is 10.1. The smallest absolute Gasteiger partial charge is 0.254 e. The van der Waals surface area contributed by atoms with E-state index in [0.29, 0.717) is 18.5 Å². The van der Waals surface area contributed by atoms with Crippen molar-refractivity contribution in [1.82, 2.24) is 10.2 Å². The van der Waals surface area contributed by atoms with Crippen molar-refractivity contribution in [2.75, 3.05) is 25.0 Å². The first-order valence-corrected chi connectivity index (χ1v) is 7.99. The molecule has 0 aliphatic carbocycles. The van der Waals surface area contributed by atoms with Crippen LogP contribution in [0.1, 0.15) is 37.6 Å². The van der Waals surface area contributed by atoms with Gasteiger partial charge in [0.2, 0.25) is 5.91 Å². The average molecular weight is 358 g/mol. The maximum atomic E-state index is 14.2. The number of amides is 2. The molecule has 134 valence electrons. The van der Waals surface area contributed by atoms with Gasteiger partial charge in [-0.2, -0.15) is 0 Å². The van der Waals surface area contributed by atoms with E-state index in [1.165, 1.54) is 12.1 Å². The second-order valence-corrected chi connectivity index (χ2v) is 6.39. The number of nitrogens with one attached hydrogen (secondary N) is 2. The third-order valence-electron chi connectivity index (χ3n) is 3.85. The van der Waals surface area contributed by atoms with Crippen LogP contribution in [0.25, 0.3) is 0 Å². The predicted octanol–water partition coefficient (Wildman–Crippen LogP) is 2.67. The van der Waals surface area contributed by atoms with Gasteiger partial charge in [-0.25, -0.2) is 4.39 Å². The van der Waals surface area contributed by atoms with Crippen LogP contribution in [0.4, 0.5) is 10.1 Å². The summed E-state index contributed by atoms with van der Waals surface area (Å²) in [6.45, 7) is 7.88. The van der Waals surface area contributed by atoms with Crippen LogP contribution in [0.3, 0.4) is 0 Å². The second kappa shape index (κ2) is 8.99. The second-order valence-electron chi connectivity index (χ2n) is 6.39. The van der Waals surface area contributed by atoms with Gasteiger partial charge in [0, 0.05) is 37.7 Å². The molecule has 0 spiro atoms. The van der Waals surface area contributed by atoms with Crippen LogP contribution >= 0.6 is 12.4 Å². The number of anilines is 1. The van der Waals surface area contributed by atoms with Gasteiger partial charge in [-0.3, -0.25) is 9.59 Å². The monoisotopic (exact) mass is 357 g/mol. The molecule has 1 fully saturated rings.